The van der Waals surface area contributed by atoms with Gasteiger partial charge in [-0.15, -0.1) is 10.2 Å². The molecule has 7 nitrogen and oxygen atoms in total. The Bertz CT molecular complexity index is 907. The van der Waals surface area contributed by atoms with Crippen molar-refractivity contribution in [2.45, 2.75) is 26.3 Å². The average Bonchev–Trinajstić information content (AvgIpc) is 3.04. The van der Waals surface area contributed by atoms with Gasteiger partial charge in [-0.05, 0) is 37.8 Å². The summed E-state index contributed by atoms with van der Waals surface area (Å²) in [5.74, 6) is 1.39. The summed E-state index contributed by atoms with van der Waals surface area (Å²) in [6.07, 6.45) is 7.32. The average molecular weight is 324 g/mol. The zero-order valence-electron chi connectivity index (χ0n) is 13.7. The lowest BCUT2D eigenvalue weighted by molar-refractivity contribution is 0.348. The van der Waals surface area contributed by atoms with Crippen LogP contribution in [0.2, 0.25) is 0 Å². The van der Waals surface area contributed by atoms with Crippen molar-refractivity contribution in [2.75, 3.05) is 18.0 Å². The number of aryl methyl sites for hydroxylation is 1. The summed E-state index contributed by atoms with van der Waals surface area (Å²) < 4.78 is 3.76. The normalized spacial score (nSPS) is 16.0. The van der Waals surface area contributed by atoms with Crippen LogP contribution in [0.4, 0.5) is 5.95 Å². The van der Waals surface area contributed by atoms with E-state index in [0.29, 0.717) is 11.5 Å². The topological polar surface area (TPSA) is 68.3 Å². The molecule has 0 spiro atoms. The van der Waals surface area contributed by atoms with Crippen molar-refractivity contribution in [3.63, 3.8) is 0 Å². The van der Waals surface area contributed by atoms with Gasteiger partial charge in [0.25, 0.3) is 5.56 Å². The number of piperidine rings is 1. The Kier molecular flexibility index (Phi) is 3.76. The number of pyridine rings is 1. The predicted octanol–water partition coefficient (Wildman–Crippen LogP) is 1.51. The Labute approximate surface area is 139 Å². The molecule has 0 atom stereocenters. The standard InChI is InChI=1S/C17H20N6O/c1-13-10-18-12-22(16(13)24)11-14-5-8-21(9-6-14)17-20-19-15-4-2-3-7-23(15)17/h2-4,7,10,12,14H,5-6,8-9,11H2,1H3. The van der Waals surface area contributed by atoms with Crippen molar-refractivity contribution in [2.24, 2.45) is 5.92 Å². The number of rotatable bonds is 3. The van der Waals surface area contributed by atoms with E-state index in [0.717, 1.165) is 44.1 Å². The second-order valence-corrected chi connectivity index (χ2v) is 6.39. The van der Waals surface area contributed by atoms with Crippen molar-refractivity contribution in [1.29, 1.82) is 0 Å². The second kappa shape index (κ2) is 6.07. The van der Waals surface area contributed by atoms with E-state index in [1.165, 1.54) is 0 Å². The van der Waals surface area contributed by atoms with Crippen LogP contribution in [0.5, 0.6) is 0 Å². The third-order valence-corrected chi connectivity index (χ3v) is 4.72. The third kappa shape index (κ3) is 2.66. The van der Waals surface area contributed by atoms with E-state index in [9.17, 15) is 4.79 Å². The molecule has 4 heterocycles. The van der Waals surface area contributed by atoms with Gasteiger partial charge in [0.15, 0.2) is 5.65 Å². The minimum absolute atomic E-state index is 0.0656. The Balaban J connectivity index is 1.45. The highest BCUT2D eigenvalue weighted by atomic mass is 16.1. The number of hydrogen-bond donors (Lipinski definition) is 0. The van der Waals surface area contributed by atoms with E-state index in [1.807, 2.05) is 35.7 Å². The first-order chi connectivity index (χ1) is 11.7. The molecule has 0 amide bonds. The quantitative estimate of drug-likeness (QED) is 0.730. The highest BCUT2D eigenvalue weighted by molar-refractivity contribution is 5.46. The molecule has 0 bridgehead atoms. The maximum atomic E-state index is 12.1. The summed E-state index contributed by atoms with van der Waals surface area (Å²) >= 11 is 0. The van der Waals surface area contributed by atoms with E-state index in [1.54, 1.807) is 17.1 Å². The minimum Gasteiger partial charge on any atom is -0.341 e. The lowest BCUT2D eigenvalue weighted by Gasteiger charge is -2.32. The third-order valence-electron chi connectivity index (χ3n) is 4.72. The van der Waals surface area contributed by atoms with Crippen LogP contribution in [-0.2, 0) is 6.54 Å². The van der Waals surface area contributed by atoms with Crippen LogP contribution in [-0.4, -0.2) is 37.2 Å². The number of nitrogens with zero attached hydrogens (tertiary/aromatic N) is 6. The van der Waals surface area contributed by atoms with Gasteiger partial charge in [-0.1, -0.05) is 6.07 Å². The molecule has 3 aromatic rings. The van der Waals surface area contributed by atoms with Crippen molar-refractivity contribution in [3.8, 4) is 0 Å². The zero-order valence-corrected chi connectivity index (χ0v) is 13.7. The number of anilines is 1. The Hall–Kier alpha value is -2.70. The molecule has 1 aliphatic heterocycles. The second-order valence-electron chi connectivity index (χ2n) is 6.39. The molecule has 24 heavy (non-hydrogen) atoms. The van der Waals surface area contributed by atoms with E-state index in [4.69, 9.17) is 0 Å². The smallest absolute Gasteiger partial charge is 0.256 e. The van der Waals surface area contributed by atoms with E-state index < -0.39 is 0 Å². The van der Waals surface area contributed by atoms with Gasteiger partial charge in [0.05, 0.1) is 6.33 Å². The lowest BCUT2D eigenvalue weighted by atomic mass is 9.97. The Morgan fingerprint density at radius 1 is 1.21 bits per heavy atom. The van der Waals surface area contributed by atoms with Gasteiger partial charge in [0.1, 0.15) is 0 Å². The van der Waals surface area contributed by atoms with Crippen LogP contribution in [0.1, 0.15) is 18.4 Å². The molecule has 124 valence electrons. The highest BCUT2D eigenvalue weighted by Gasteiger charge is 2.23. The van der Waals surface area contributed by atoms with E-state index in [-0.39, 0.29) is 5.56 Å². The molecule has 3 aromatic heterocycles. The molecular weight excluding hydrogens is 304 g/mol. The SMILES string of the molecule is Cc1cncn(CC2CCN(c3nnc4ccccn34)CC2)c1=O. The van der Waals surface area contributed by atoms with Crippen molar-refractivity contribution in [1.82, 2.24) is 24.1 Å². The van der Waals surface area contributed by atoms with Crippen molar-refractivity contribution >= 4 is 11.6 Å². The van der Waals surface area contributed by atoms with Gasteiger partial charge in [-0.25, -0.2) is 4.98 Å². The van der Waals surface area contributed by atoms with Crippen molar-refractivity contribution in [3.05, 3.63) is 52.8 Å². The summed E-state index contributed by atoms with van der Waals surface area (Å²) in [6, 6.07) is 5.91. The Morgan fingerprint density at radius 2 is 2.04 bits per heavy atom. The maximum absolute atomic E-state index is 12.1. The molecule has 0 aromatic carbocycles. The Morgan fingerprint density at radius 3 is 2.88 bits per heavy atom. The molecule has 4 rings (SSSR count). The molecule has 0 aliphatic carbocycles. The fourth-order valence-corrected chi connectivity index (χ4v) is 3.33. The van der Waals surface area contributed by atoms with E-state index >= 15 is 0 Å². The molecule has 7 heteroatoms. The van der Waals surface area contributed by atoms with Gasteiger partial charge in [-0.3, -0.25) is 13.8 Å². The fourth-order valence-electron chi connectivity index (χ4n) is 3.33. The first kappa shape index (κ1) is 14.9. The van der Waals surface area contributed by atoms with Gasteiger partial charge >= 0.3 is 0 Å². The molecule has 0 saturated carbocycles. The molecule has 0 radical (unpaired) electrons. The van der Waals surface area contributed by atoms with Crippen LogP contribution in [0.3, 0.4) is 0 Å². The fraction of sp³-hybridized carbons (Fsp3) is 0.412. The minimum atomic E-state index is 0.0656. The summed E-state index contributed by atoms with van der Waals surface area (Å²) in [7, 11) is 0. The molecular formula is C17H20N6O. The molecule has 0 N–H and O–H groups in total. The van der Waals surface area contributed by atoms with Gasteiger partial charge in [0, 0.05) is 37.6 Å². The lowest BCUT2D eigenvalue weighted by Crippen LogP contribution is -2.37. The van der Waals surface area contributed by atoms with Crippen LogP contribution in [0.25, 0.3) is 5.65 Å². The summed E-state index contributed by atoms with van der Waals surface area (Å²) in [6.45, 7) is 4.40. The summed E-state index contributed by atoms with van der Waals surface area (Å²) in [5.41, 5.74) is 1.63. The zero-order chi connectivity index (χ0) is 16.5. The van der Waals surface area contributed by atoms with Crippen molar-refractivity contribution < 1.29 is 0 Å². The van der Waals surface area contributed by atoms with Crippen LogP contribution < -0.4 is 10.5 Å². The summed E-state index contributed by atoms with van der Waals surface area (Å²) in [5, 5.41) is 8.55. The predicted molar refractivity (Wildman–Crippen MR) is 91.2 cm³/mol. The van der Waals surface area contributed by atoms with Gasteiger partial charge < -0.3 is 4.90 Å². The van der Waals surface area contributed by atoms with Crippen LogP contribution in [0.15, 0.2) is 41.7 Å². The molecule has 1 aliphatic rings. The largest absolute Gasteiger partial charge is 0.341 e. The maximum Gasteiger partial charge on any atom is 0.256 e. The number of aromatic nitrogens is 5. The number of hydrogen-bond acceptors (Lipinski definition) is 5. The van der Waals surface area contributed by atoms with Crippen LogP contribution >= 0.6 is 0 Å². The first-order valence-corrected chi connectivity index (χ1v) is 8.28. The van der Waals surface area contributed by atoms with Gasteiger partial charge in [0.2, 0.25) is 5.95 Å². The number of fused-ring (bicyclic) bond motifs is 1. The summed E-state index contributed by atoms with van der Waals surface area (Å²) in [4.78, 5) is 18.5. The first-order valence-electron chi connectivity index (χ1n) is 8.28. The van der Waals surface area contributed by atoms with Gasteiger partial charge in [-0.2, -0.15) is 0 Å². The molecule has 1 saturated heterocycles. The van der Waals surface area contributed by atoms with Crippen LogP contribution in [0, 0.1) is 12.8 Å². The monoisotopic (exact) mass is 324 g/mol. The highest BCUT2D eigenvalue weighted by Crippen LogP contribution is 2.23. The molecule has 0 unspecified atom stereocenters. The molecule has 1 fully saturated rings. The van der Waals surface area contributed by atoms with E-state index in [2.05, 4.69) is 20.1 Å².